The number of nitrogens with two attached hydrogens (primary N) is 1. The quantitative estimate of drug-likeness (QED) is 0.923. The third-order valence-electron chi connectivity index (χ3n) is 3.77. The molecule has 0 fully saturated rings. The van der Waals surface area contributed by atoms with Crippen molar-refractivity contribution in [1.29, 1.82) is 0 Å². The Balaban J connectivity index is 1.89. The molecule has 1 aliphatic carbocycles. The van der Waals surface area contributed by atoms with Gasteiger partial charge in [-0.05, 0) is 25.2 Å². The predicted molar refractivity (Wildman–Crippen MR) is 80.7 cm³/mol. The zero-order valence-corrected chi connectivity index (χ0v) is 13.0. The highest BCUT2D eigenvalue weighted by Gasteiger charge is 2.31. The van der Waals surface area contributed by atoms with E-state index in [0.29, 0.717) is 6.42 Å². The summed E-state index contributed by atoms with van der Waals surface area (Å²) in [7, 11) is 0. The normalized spacial score (nSPS) is 20.7. The Labute approximate surface area is 123 Å². The summed E-state index contributed by atoms with van der Waals surface area (Å²) in [6, 6.07) is 0.0596. The first kappa shape index (κ1) is 13.6. The smallest absolute Gasteiger partial charge is 0.134 e. The van der Waals surface area contributed by atoms with E-state index in [-0.39, 0.29) is 11.5 Å². The van der Waals surface area contributed by atoms with Gasteiger partial charge in [0.15, 0.2) is 0 Å². The van der Waals surface area contributed by atoms with E-state index in [1.165, 1.54) is 0 Å². The molecule has 1 aliphatic rings. The zero-order chi connectivity index (χ0) is 14.3. The molecule has 0 bridgehead atoms. The van der Waals surface area contributed by atoms with Crippen molar-refractivity contribution >= 4 is 11.3 Å². The fraction of sp³-hybridized carbons (Fsp3) is 0.533. The topological polar surface area (TPSA) is 64.7 Å². The SMILES string of the molecule is Cc1nc(Cc2ncc3c(n2)CC(C)(C)CC3N)cs1. The van der Waals surface area contributed by atoms with E-state index in [2.05, 4.69) is 29.2 Å². The molecule has 4 nitrogen and oxygen atoms in total. The monoisotopic (exact) mass is 288 g/mol. The minimum Gasteiger partial charge on any atom is -0.324 e. The maximum Gasteiger partial charge on any atom is 0.134 e. The summed E-state index contributed by atoms with van der Waals surface area (Å²) in [5.41, 5.74) is 9.73. The Hall–Kier alpha value is -1.33. The summed E-state index contributed by atoms with van der Waals surface area (Å²) in [4.78, 5) is 13.7. The maximum atomic E-state index is 6.24. The molecule has 2 aromatic rings. The van der Waals surface area contributed by atoms with Gasteiger partial charge < -0.3 is 5.73 Å². The fourth-order valence-corrected chi connectivity index (χ4v) is 3.50. The number of rotatable bonds is 2. The van der Waals surface area contributed by atoms with Crippen LogP contribution in [0.2, 0.25) is 0 Å². The molecule has 1 atom stereocenters. The first-order chi connectivity index (χ1) is 9.43. The molecule has 2 heterocycles. The lowest BCUT2D eigenvalue weighted by Gasteiger charge is -2.34. The summed E-state index contributed by atoms with van der Waals surface area (Å²) < 4.78 is 0. The van der Waals surface area contributed by atoms with E-state index in [1.807, 2.05) is 13.1 Å². The molecule has 1 unspecified atom stereocenters. The first-order valence-electron chi connectivity index (χ1n) is 6.94. The Morgan fingerprint density at radius 1 is 1.40 bits per heavy atom. The molecular formula is C15H20N4S. The van der Waals surface area contributed by atoms with E-state index in [0.717, 1.165) is 40.6 Å². The second-order valence-corrected chi connectivity index (χ2v) is 7.44. The Bertz CT molecular complexity index is 633. The van der Waals surface area contributed by atoms with Crippen molar-refractivity contribution in [2.45, 2.75) is 46.1 Å². The van der Waals surface area contributed by atoms with Crippen molar-refractivity contribution < 1.29 is 0 Å². The van der Waals surface area contributed by atoms with E-state index in [9.17, 15) is 0 Å². The predicted octanol–water partition coefficient (Wildman–Crippen LogP) is 2.80. The van der Waals surface area contributed by atoms with Gasteiger partial charge >= 0.3 is 0 Å². The van der Waals surface area contributed by atoms with Crippen LogP contribution in [-0.4, -0.2) is 15.0 Å². The number of fused-ring (bicyclic) bond motifs is 1. The highest BCUT2D eigenvalue weighted by molar-refractivity contribution is 7.09. The standard InChI is InChI=1S/C15H20N4S/c1-9-18-10(8-20-9)4-14-17-7-11-12(16)5-15(2,3)6-13(11)19-14/h7-8,12H,4-6,16H2,1-3H3. The summed E-state index contributed by atoms with van der Waals surface area (Å²) >= 11 is 1.67. The summed E-state index contributed by atoms with van der Waals surface area (Å²) in [6.07, 6.45) is 4.58. The van der Waals surface area contributed by atoms with Crippen LogP contribution in [0.15, 0.2) is 11.6 Å². The highest BCUT2D eigenvalue weighted by atomic mass is 32.1. The van der Waals surface area contributed by atoms with Crippen molar-refractivity contribution in [1.82, 2.24) is 15.0 Å². The largest absolute Gasteiger partial charge is 0.324 e. The van der Waals surface area contributed by atoms with Crippen molar-refractivity contribution in [3.05, 3.63) is 39.4 Å². The van der Waals surface area contributed by atoms with Crippen molar-refractivity contribution in [3.63, 3.8) is 0 Å². The number of thiazole rings is 1. The fourth-order valence-electron chi connectivity index (χ4n) is 2.89. The Morgan fingerprint density at radius 3 is 2.90 bits per heavy atom. The second kappa shape index (κ2) is 4.90. The molecule has 0 spiro atoms. The third-order valence-corrected chi connectivity index (χ3v) is 4.60. The van der Waals surface area contributed by atoms with Gasteiger partial charge in [0.1, 0.15) is 5.82 Å². The lowest BCUT2D eigenvalue weighted by Crippen LogP contribution is -2.31. The van der Waals surface area contributed by atoms with Gasteiger partial charge in [0.05, 0.1) is 17.1 Å². The number of nitrogens with zero attached hydrogens (tertiary/aromatic N) is 3. The molecule has 0 aliphatic heterocycles. The number of aryl methyl sites for hydroxylation is 1. The molecule has 0 radical (unpaired) electrons. The van der Waals surface area contributed by atoms with Gasteiger partial charge in [0.2, 0.25) is 0 Å². The summed E-state index contributed by atoms with van der Waals surface area (Å²) in [5, 5.41) is 3.16. The Kier molecular flexibility index (Phi) is 3.34. The van der Waals surface area contributed by atoms with E-state index < -0.39 is 0 Å². The highest BCUT2D eigenvalue weighted by Crippen LogP contribution is 2.38. The van der Waals surface area contributed by atoms with Gasteiger partial charge in [-0.3, -0.25) is 0 Å². The maximum absolute atomic E-state index is 6.24. The van der Waals surface area contributed by atoms with Gasteiger partial charge in [0, 0.05) is 28.9 Å². The van der Waals surface area contributed by atoms with Crippen molar-refractivity contribution in [3.8, 4) is 0 Å². The molecule has 0 saturated heterocycles. The molecule has 2 aromatic heterocycles. The van der Waals surface area contributed by atoms with Gasteiger partial charge in [-0.25, -0.2) is 15.0 Å². The zero-order valence-electron chi connectivity index (χ0n) is 12.2. The third kappa shape index (κ3) is 2.74. The van der Waals surface area contributed by atoms with Gasteiger partial charge in [0.25, 0.3) is 0 Å². The minimum atomic E-state index is 0.0596. The van der Waals surface area contributed by atoms with Crippen LogP contribution in [0.4, 0.5) is 0 Å². The molecule has 5 heteroatoms. The first-order valence-corrected chi connectivity index (χ1v) is 7.82. The molecule has 0 aromatic carbocycles. The number of aromatic nitrogens is 3. The molecule has 0 saturated carbocycles. The van der Waals surface area contributed by atoms with Gasteiger partial charge in [-0.15, -0.1) is 11.3 Å². The average molecular weight is 288 g/mol. The van der Waals surface area contributed by atoms with Crippen molar-refractivity contribution in [2.75, 3.05) is 0 Å². The Morgan fingerprint density at radius 2 is 2.20 bits per heavy atom. The molecule has 20 heavy (non-hydrogen) atoms. The van der Waals surface area contributed by atoms with Gasteiger partial charge in [-0.2, -0.15) is 0 Å². The van der Waals surface area contributed by atoms with Crippen LogP contribution in [0.25, 0.3) is 0 Å². The van der Waals surface area contributed by atoms with Crippen LogP contribution in [0.1, 0.15) is 54.1 Å². The van der Waals surface area contributed by atoms with Crippen LogP contribution in [0.3, 0.4) is 0 Å². The lowest BCUT2D eigenvalue weighted by atomic mass is 9.74. The van der Waals surface area contributed by atoms with Crippen LogP contribution in [-0.2, 0) is 12.8 Å². The van der Waals surface area contributed by atoms with Crippen molar-refractivity contribution in [2.24, 2.45) is 11.1 Å². The molecular weight excluding hydrogens is 268 g/mol. The summed E-state index contributed by atoms with van der Waals surface area (Å²) in [6.45, 7) is 6.52. The van der Waals surface area contributed by atoms with Crippen LogP contribution >= 0.6 is 11.3 Å². The second-order valence-electron chi connectivity index (χ2n) is 6.37. The van der Waals surface area contributed by atoms with Crippen LogP contribution in [0, 0.1) is 12.3 Å². The van der Waals surface area contributed by atoms with Crippen LogP contribution < -0.4 is 5.73 Å². The van der Waals surface area contributed by atoms with E-state index in [1.54, 1.807) is 11.3 Å². The molecule has 106 valence electrons. The van der Waals surface area contributed by atoms with E-state index in [4.69, 9.17) is 10.7 Å². The lowest BCUT2D eigenvalue weighted by molar-refractivity contribution is 0.277. The number of hydrogen-bond acceptors (Lipinski definition) is 5. The summed E-state index contributed by atoms with van der Waals surface area (Å²) in [5.74, 6) is 0.846. The minimum absolute atomic E-state index is 0.0596. The van der Waals surface area contributed by atoms with Crippen LogP contribution in [0.5, 0.6) is 0 Å². The van der Waals surface area contributed by atoms with Gasteiger partial charge in [-0.1, -0.05) is 13.8 Å². The molecule has 0 amide bonds. The molecule has 3 rings (SSSR count). The average Bonchev–Trinajstić information content (AvgIpc) is 2.72. The van der Waals surface area contributed by atoms with E-state index >= 15 is 0 Å². The molecule has 2 N–H and O–H groups in total. The number of hydrogen-bond donors (Lipinski definition) is 1.